The molecule has 0 saturated heterocycles. The number of thiocarbonyl (C=S) groups is 1. The van der Waals surface area contributed by atoms with Gasteiger partial charge in [0.05, 0.1) is 30.4 Å². The number of thioether (sulfide) groups is 1. The first-order valence-corrected chi connectivity index (χ1v) is 23.2. The summed E-state index contributed by atoms with van der Waals surface area (Å²) in [7, 11) is -6.94. The van der Waals surface area contributed by atoms with Crippen LogP contribution in [-0.2, 0) is 55.0 Å². The third kappa shape index (κ3) is 19.8. The molecule has 0 aromatic heterocycles. The highest BCUT2D eigenvalue weighted by atomic mass is 79.9. The Morgan fingerprint density at radius 2 is 1.09 bits per heavy atom. The van der Waals surface area contributed by atoms with Crippen LogP contribution in [0.1, 0.15) is 76.3 Å². The Morgan fingerprint density at radius 1 is 0.709 bits per heavy atom. The summed E-state index contributed by atoms with van der Waals surface area (Å²) >= 11 is 10.3. The molecule has 0 amide bonds. The van der Waals surface area contributed by atoms with Crippen LogP contribution in [-0.4, -0.2) is 33.7 Å². The molecule has 8 nitrogen and oxygen atoms in total. The molecule has 0 fully saturated rings. The van der Waals surface area contributed by atoms with Crippen molar-refractivity contribution in [3.63, 3.8) is 0 Å². The summed E-state index contributed by atoms with van der Waals surface area (Å²) in [6.45, 7) is 14.1. The van der Waals surface area contributed by atoms with Crippen LogP contribution >= 0.6 is 39.9 Å². The molecule has 0 spiro atoms. The van der Waals surface area contributed by atoms with Gasteiger partial charge >= 0.3 is 0 Å². The van der Waals surface area contributed by atoms with Crippen molar-refractivity contribution in [3.8, 4) is 0 Å². The maximum Gasteiger partial charge on any atom is 0.229 e. The second-order valence-electron chi connectivity index (χ2n) is 14.6. The molecule has 6 N–H and O–H groups in total. The molecule has 0 aliphatic rings. The lowest BCUT2D eigenvalue weighted by Gasteiger charge is -2.19. The van der Waals surface area contributed by atoms with E-state index in [2.05, 4.69) is 126 Å². The molecule has 0 aliphatic heterocycles. The summed E-state index contributed by atoms with van der Waals surface area (Å²) in [4.78, 5) is 0. The van der Waals surface area contributed by atoms with Crippen molar-refractivity contribution in [1.82, 2.24) is 5.32 Å². The third-order valence-electron chi connectivity index (χ3n) is 7.55. The lowest BCUT2D eigenvalue weighted by atomic mass is 9.87. The number of sulfonamides is 2. The van der Waals surface area contributed by atoms with Crippen molar-refractivity contribution in [2.45, 2.75) is 76.5 Å². The topological polar surface area (TPSA) is 132 Å². The minimum Gasteiger partial charge on any atom is -1.00 e. The highest BCUT2D eigenvalue weighted by molar-refractivity contribution is 9.08. The van der Waals surface area contributed by atoms with E-state index >= 15 is 0 Å². The van der Waals surface area contributed by atoms with Crippen molar-refractivity contribution in [1.29, 1.82) is 0 Å². The average Bonchev–Trinajstić information content (AvgIpc) is 3.07. The van der Waals surface area contributed by atoms with E-state index in [0.717, 1.165) is 29.2 Å². The van der Waals surface area contributed by atoms with Gasteiger partial charge in [-0.25, -0.2) is 25.6 Å². The molecule has 0 unspecified atom stereocenters. The number of hydrogen-bond acceptors (Lipinski definition) is 6. The molecule has 0 atom stereocenters. The average molecular weight is 925 g/mol. The van der Waals surface area contributed by atoms with Gasteiger partial charge in [-0.15, -0.1) is 0 Å². The highest BCUT2D eigenvalue weighted by Crippen LogP contribution is 2.25. The van der Waals surface area contributed by atoms with Crippen molar-refractivity contribution >= 4 is 75.7 Å². The fourth-order valence-corrected chi connectivity index (χ4v) is 6.93. The Bertz CT molecular complexity index is 2070. The van der Waals surface area contributed by atoms with Gasteiger partial charge in [-0.1, -0.05) is 142 Å². The summed E-state index contributed by atoms with van der Waals surface area (Å²) < 4.78 is 76.1. The summed E-state index contributed by atoms with van der Waals surface area (Å²) in [6.07, 6.45) is 1.95. The summed E-state index contributed by atoms with van der Waals surface area (Å²) in [6, 6.07) is 25.9. The van der Waals surface area contributed by atoms with E-state index in [1.807, 2.05) is 0 Å². The van der Waals surface area contributed by atoms with Gasteiger partial charge in [0.1, 0.15) is 16.0 Å². The standard InChI is InChI=1S/C20H25FN2O2S3.C11H15Br.C8H11FN2O2S.ClH.H2/c1-20(2,3)16-8-5-14(6-9-16)13-27-19(26)22-12-15-7-10-18(17(21)11-15)23-28(4,24)25;1-11(2,3)10-6-4-9(8-12)5-7-10;1-14(12,13)11-8-3-2-6(5-10)4-7(8)9;;/h5-11,23H,12-13H2,1-4H3,(H,22,26);4-7H,8H2,1-3H3;2-4,11H,5,10H2,1H3;2*1H. The Kier molecular flexibility index (Phi) is 20.3. The number of anilines is 2. The SMILES string of the molecule is CC(C)(C)c1ccc(CBr)cc1.CC(C)(C)c1ccc(CSC(=S)NCc2ccc(NS(C)(=O)=O)c(F)c2)cc1.CS(=O)(=O)Nc1ccc(C[NH3+])cc1F.[Cl-].[HH]. The summed E-state index contributed by atoms with van der Waals surface area (Å²) in [5, 5.41) is 4.03. The number of alkyl halides is 1. The molecule has 4 rings (SSSR count). The number of rotatable bonds is 10. The first kappa shape index (κ1) is 50.2. The fourth-order valence-electron chi connectivity index (χ4n) is 4.52. The second-order valence-corrected chi connectivity index (χ2v) is 20.3. The minimum atomic E-state index is -3.51. The fraction of sp³-hybridized carbons (Fsp3) is 0.359. The molecule has 0 saturated carbocycles. The van der Waals surface area contributed by atoms with E-state index < -0.39 is 31.7 Å². The van der Waals surface area contributed by atoms with Crippen LogP contribution in [0.2, 0.25) is 0 Å². The zero-order valence-corrected chi connectivity index (χ0v) is 38.0. The van der Waals surface area contributed by atoms with Gasteiger partial charge in [0, 0.05) is 24.6 Å². The van der Waals surface area contributed by atoms with Gasteiger partial charge in [0.15, 0.2) is 0 Å². The first-order valence-electron chi connectivity index (χ1n) is 16.9. The lowest BCUT2D eigenvalue weighted by Crippen LogP contribution is -3.00. The van der Waals surface area contributed by atoms with E-state index in [1.165, 1.54) is 58.3 Å². The number of benzene rings is 4. The molecule has 306 valence electrons. The Morgan fingerprint density at radius 3 is 1.45 bits per heavy atom. The predicted molar refractivity (Wildman–Crippen MR) is 232 cm³/mol. The van der Waals surface area contributed by atoms with Crippen LogP contribution in [0.15, 0.2) is 84.9 Å². The van der Waals surface area contributed by atoms with E-state index in [-0.39, 0.29) is 36.0 Å². The van der Waals surface area contributed by atoms with Gasteiger partial charge in [0.2, 0.25) is 20.0 Å². The van der Waals surface area contributed by atoms with Gasteiger partial charge in [-0.2, -0.15) is 0 Å². The quantitative estimate of drug-likeness (QED) is 0.116. The number of halogens is 4. The van der Waals surface area contributed by atoms with E-state index in [4.69, 9.17) is 12.2 Å². The molecule has 0 radical (unpaired) electrons. The van der Waals surface area contributed by atoms with Gasteiger partial charge in [-0.3, -0.25) is 9.44 Å². The van der Waals surface area contributed by atoms with Gasteiger partial charge in [-0.05, 0) is 62.9 Å². The Labute approximate surface area is 352 Å². The number of nitrogens with one attached hydrogen (secondary N) is 3. The molecule has 55 heavy (non-hydrogen) atoms. The molecule has 16 heteroatoms. The molecule has 0 bridgehead atoms. The monoisotopic (exact) mass is 922 g/mol. The Hall–Kier alpha value is -2.79. The second kappa shape index (κ2) is 22.2. The van der Waals surface area contributed by atoms with Crippen LogP contribution in [0.4, 0.5) is 20.2 Å². The van der Waals surface area contributed by atoms with Crippen molar-refractivity contribution < 1.29 is 45.2 Å². The lowest BCUT2D eigenvalue weighted by molar-refractivity contribution is -0.386. The van der Waals surface area contributed by atoms with Crippen molar-refractivity contribution in [3.05, 3.63) is 130 Å². The van der Waals surface area contributed by atoms with Crippen molar-refractivity contribution in [2.75, 3.05) is 22.0 Å². The molecule has 4 aromatic carbocycles. The largest absolute Gasteiger partial charge is 1.00 e. The van der Waals surface area contributed by atoms with Gasteiger partial charge in [0.25, 0.3) is 0 Å². The van der Waals surface area contributed by atoms with E-state index in [0.29, 0.717) is 23.0 Å². The van der Waals surface area contributed by atoms with Gasteiger partial charge < -0.3 is 23.5 Å². The molecular weight excluding hydrogens is 870 g/mol. The zero-order valence-electron chi connectivity index (χ0n) is 32.4. The molecule has 4 aromatic rings. The normalized spacial score (nSPS) is 11.5. The zero-order chi connectivity index (χ0) is 40.9. The van der Waals surface area contributed by atoms with Crippen LogP contribution in [0.5, 0.6) is 0 Å². The summed E-state index contributed by atoms with van der Waals surface area (Å²) in [5.41, 5.74) is 10.5. The van der Waals surface area contributed by atoms with Crippen LogP contribution in [0.25, 0.3) is 0 Å². The molecule has 0 aliphatic carbocycles. The summed E-state index contributed by atoms with van der Waals surface area (Å²) in [5.74, 6) is -0.458. The van der Waals surface area contributed by atoms with E-state index in [9.17, 15) is 25.6 Å². The molecular formula is C39H54BrClF2N4O4S4. The maximum absolute atomic E-state index is 14.0. The van der Waals surface area contributed by atoms with Crippen molar-refractivity contribution in [2.24, 2.45) is 0 Å². The van der Waals surface area contributed by atoms with Crippen LogP contribution in [0.3, 0.4) is 0 Å². The smallest absolute Gasteiger partial charge is 0.229 e. The third-order valence-corrected chi connectivity index (χ3v) is 10.8. The maximum atomic E-state index is 14.0. The number of quaternary nitrogens is 1. The first-order chi connectivity index (χ1) is 24.9. The number of hydrogen-bond donors (Lipinski definition) is 4. The van der Waals surface area contributed by atoms with E-state index in [1.54, 1.807) is 12.1 Å². The van der Waals surface area contributed by atoms with Crippen LogP contribution in [0, 0.1) is 11.6 Å². The molecule has 0 heterocycles. The predicted octanol–water partition coefficient (Wildman–Crippen LogP) is 5.87. The minimum absolute atomic E-state index is 0. The van der Waals surface area contributed by atoms with Crippen LogP contribution < -0.4 is 32.9 Å². The highest BCUT2D eigenvalue weighted by Gasteiger charge is 2.14. The Balaban J connectivity index is 0.000000903.